The van der Waals surface area contributed by atoms with Crippen LogP contribution >= 0.6 is 11.6 Å². The Hall–Kier alpha value is -1.90. The van der Waals surface area contributed by atoms with Crippen LogP contribution in [0.2, 0.25) is 5.02 Å². The van der Waals surface area contributed by atoms with E-state index in [1.165, 1.54) is 10.6 Å². The molecule has 0 atom stereocenters. The van der Waals surface area contributed by atoms with Gasteiger partial charge in [0, 0.05) is 42.0 Å². The summed E-state index contributed by atoms with van der Waals surface area (Å²) >= 11 is 6.10. The Morgan fingerprint density at radius 3 is 2.54 bits per heavy atom. The molecular weight excluding hydrogens is 400 g/mol. The molecule has 1 aromatic heterocycles. The predicted molar refractivity (Wildman–Crippen MR) is 109 cm³/mol. The van der Waals surface area contributed by atoms with Gasteiger partial charge < -0.3 is 9.88 Å². The van der Waals surface area contributed by atoms with Gasteiger partial charge in [-0.25, -0.2) is 13.4 Å². The van der Waals surface area contributed by atoms with E-state index in [0.29, 0.717) is 36.6 Å². The van der Waals surface area contributed by atoms with Gasteiger partial charge in [-0.2, -0.15) is 4.31 Å². The van der Waals surface area contributed by atoms with Crippen molar-refractivity contribution in [1.29, 1.82) is 0 Å². The van der Waals surface area contributed by atoms with Crippen molar-refractivity contribution in [3.8, 4) is 0 Å². The summed E-state index contributed by atoms with van der Waals surface area (Å²) in [6, 6.07) is 5.52. The third-order valence-electron chi connectivity index (χ3n) is 5.04. The standard InChI is InChI=1S/C19H25ClN4O3S/c1-13(2)23-11-18(21-12-23)28(26,27)24-8-6-15(7-9-24)19(25)22-16-5-4-14(3)17(20)10-16/h4-5,10-13,15H,6-9H2,1-3H3,(H,22,25). The molecule has 1 saturated heterocycles. The molecule has 0 saturated carbocycles. The van der Waals surface area contributed by atoms with E-state index in [1.807, 2.05) is 32.9 Å². The lowest BCUT2D eigenvalue weighted by Crippen LogP contribution is -2.41. The molecule has 152 valence electrons. The topological polar surface area (TPSA) is 84.3 Å². The number of piperidine rings is 1. The Morgan fingerprint density at radius 1 is 1.29 bits per heavy atom. The van der Waals surface area contributed by atoms with Gasteiger partial charge in [-0.15, -0.1) is 0 Å². The quantitative estimate of drug-likeness (QED) is 0.796. The summed E-state index contributed by atoms with van der Waals surface area (Å²) < 4.78 is 28.8. The number of carbonyl (C=O) groups is 1. The van der Waals surface area contributed by atoms with E-state index in [-0.39, 0.29) is 22.9 Å². The molecule has 1 N–H and O–H groups in total. The zero-order valence-electron chi connectivity index (χ0n) is 16.2. The highest BCUT2D eigenvalue weighted by Gasteiger charge is 2.33. The van der Waals surface area contributed by atoms with Crippen LogP contribution in [0.5, 0.6) is 0 Å². The van der Waals surface area contributed by atoms with Crippen LogP contribution in [0.3, 0.4) is 0 Å². The molecule has 1 aliphatic heterocycles. The number of anilines is 1. The highest BCUT2D eigenvalue weighted by molar-refractivity contribution is 7.89. The van der Waals surface area contributed by atoms with Gasteiger partial charge in [-0.1, -0.05) is 17.7 Å². The molecule has 1 amide bonds. The minimum Gasteiger partial charge on any atom is -0.334 e. The van der Waals surface area contributed by atoms with Crippen molar-refractivity contribution in [2.24, 2.45) is 5.92 Å². The van der Waals surface area contributed by atoms with Crippen molar-refractivity contribution in [2.45, 2.75) is 44.7 Å². The number of hydrogen-bond acceptors (Lipinski definition) is 4. The molecule has 1 aromatic carbocycles. The van der Waals surface area contributed by atoms with E-state index in [0.717, 1.165) is 5.56 Å². The third kappa shape index (κ3) is 4.39. The van der Waals surface area contributed by atoms with E-state index in [2.05, 4.69) is 10.3 Å². The van der Waals surface area contributed by atoms with Crippen molar-refractivity contribution in [1.82, 2.24) is 13.9 Å². The van der Waals surface area contributed by atoms with Crippen molar-refractivity contribution in [3.63, 3.8) is 0 Å². The normalized spacial score (nSPS) is 16.5. The van der Waals surface area contributed by atoms with E-state index in [9.17, 15) is 13.2 Å². The second kappa shape index (κ2) is 8.23. The van der Waals surface area contributed by atoms with E-state index in [1.54, 1.807) is 16.8 Å². The number of nitrogens with zero attached hydrogens (tertiary/aromatic N) is 3. The molecule has 3 rings (SSSR count). The highest BCUT2D eigenvalue weighted by atomic mass is 35.5. The summed E-state index contributed by atoms with van der Waals surface area (Å²) in [4.78, 5) is 16.6. The fourth-order valence-corrected chi connectivity index (χ4v) is 4.71. The molecule has 0 radical (unpaired) electrons. The number of amides is 1. The summed E-state index contributed by atoms with van der Waals surface area (Å²) in [5.41, 5.74) is 1.59. The fraction of sp³-hybridized carbons (Fsp3) is 0.474. The number of imidazole rings is 1. The Labute approximate surface area is 170 Å². The van der Waals surface area contributed by atoms with Gasteiger partial charge in [0.15, 0.2) is 5.03 Å². The Morgan fingerprint density at radius 2 is 1.96 bits per heavy atom. The molecule has 0 unspecified atom stereocenters. The van der Waals surface area contributed by atoms with Crippen molar-refractivity contribution in [3.05, 3.63) is 41.3 Å². The van der Waals surface area contributed by atoms with E-state index in [4.69, 9.17) is 11.6 Å². The zero-order chi connectivity index (χ0) is 20.5. The first kappa shape index (κ1) is 20.8. The van der Waals surface area contributed by atoms with E-state index >= 15 is 0 Å². The number of benzene rings is 1. The van der Waals surface area contributed by atoms with Gasteiger partial charge in [-0.3, -0.25) is 4.79 Å². The van der Waals surface area contributed by atoms with Crippen LogP contribution in [0.1, 0.15) is 38.3 Å². The summed E-state index contributed by atoms with van der Waals surface area (Å²) in [5.74, 6) is -0.346. The number of aryl methyl sites for hydroxylation is 1. The lowest BCUT2D eigenvalue weighted by molar-refractivity contribution is -0.120. The molecular formula is C19H25ClN4O3S. The van der Waals surface area contributed by atoms with Gasteiger partial charge >= 0.3 is 0 Å². The summed E-state index contributed by atoms with van der Waals surface area (Å²) in [5, 5.41) is 3.52. The number of nitrogens with one attached hydrogen (secondary N) is 1. The van der Waals surface area contributed by atoms with Crippen molar-refractivity contribution in [2.75, 3.05) is 18.4 Å². The third-order valence-corrected chi connectivity index (χ3v) is 7.23. The van der Waals surface area contributed by atoms with Gasteiger partial charge in [0.2, 0.25) is 5.91 Å². The number of sulfonamides is 1. The van der Waals surface area contributed by atoms with E-state index < -0.39 is 10.0 Å². The highest BCUT2D eigenvalue weighted by Crippen LogP contribution is 2.26. The maximum absolute atomic E-state index is 12.8. The van der Waals surface area contributed by atoms with Crippen molar-refractivity contribution < 1.29 is 13.2 Å². The monoisotopic (exact) mass is 424 g/mol. The molecule has 0 bridgehead atoms. The molecule has 1 aliphatic rings. The van der Waals surface area contributed by atoms with Crippen LogP contribution in [0.4, 0.5) is 5.69 Å². The first-order valence-corrected chi connectivity index (χ1v) is 11.1. The van der Waals surface area contributed by atoms with Gasteiger partial charge in [-0.05, 0) is 51.3 Å². The first-order valence-electron chi connectivity index (χ1n) is 9.29. The molecule has 0 spiro atoms. The second-order valence-electron chi connectivity index (χ2n) is 7.38. The summed E-state index contributed by atoms with van der Waals surface area (Å²) in [6.45, 7) is 6.41. The smallest absolute Gasteiger partial charge is 0.262 e. The number of halogens is 1. The van der Waals surface area contributed by atoms with Crippen LogP contribution in [-0.4, -0.2) is 41.3 Å². The molecule has 1 fully saturated rings. The lowest BCUT2D eigenvalue weighted by Gasteiger charge is -2.30. The molecule has 2 aromatic rings. The first-order chi connectivity index (χ1) is 13.2. The number of aromatic nitrogens is 2. The largest absolute Gasteiger partial charge is 0.334 e. The maximum atomic E-state index is 12.8. The molecule has 7 nitrogen and oxygen atoms in total. The number of hydrogen-bond donors (Lipinski definition) is 1. The minimum atomic E-state index is -3.64. The number of carbonyl (C=O) groups excluding carboxylic acids is 1. The summed E-state index contributed by atoms with van der Waals surface area (Å²) in [6.07, 6.45) is 4.02. The average Bonchev–Trinajstić information content (AvgIpc) is 3.16. The minimum absolute atomic E-state index is 0.0541. The van der Waals surface area contributed by atoms with Crippen LogP contribution in [0.25, 0.3) is 0 Å². The Bertz CT molecular complexity index is 963. The van der Waals surface area contributed by atoms with Gasteiger partial charge in [0.25, 0.3) is 10.0 Å². The molecule has 28 heavy (non-hydrogen) atoms. The zero-order valence-corrected chi connectivity index (χ0v) is 17.8. The lowest BCUT2D eigenvalue weighted by atomic mass is 9.97. The van der Waals surface area contributed by atoms with Crippen LogP contribution in [-0.2, 0) is 14.8 Å². The second-order valence-corrected chi connectivity index (χ2v) is 9.68. The van der Waals surface area contributed by atoms with Gasteiger partial charge in [0.05, 0.1) is 6.33 Å². The van der Waals surface area contributed by atoms with Crippen LogP contribution in [0.15, 0.2) is 35.7 Å². The SMILES string of the molecule is Cc1ccc(NC(=O)C2CCN(S(=O)(=O)c3cn(C(C)C)cn3)CC2)cc1Cl. The maximum Gasteiger partial charge on any atom is 0.262 e. The summed E-state index contributed by atoms with van der Waals surface area (Å²) in [7, 11) is -3.64. The Kier molecular flexibility index (Phi) is 6.12. The van der Waals surface area contributed by atoms with Gasteiger partial charge in [0.1, 0.15) is 0 Å². The average molecular weight is 425 g/mol. The predicted octanol–water partition coefficient (Wildman–Crippen LogP) is 3.47. The molecule has 0 aliphatic carbocycles. The number of rotatable bonds is 5. The molecule has 9 heteroatoms. The Balaban J connectivity index is 1.61. The fourth-order valence-electron chi connectivity index (χ4n) is 3.14. The van der Waals surface area contributed by atoms with Crippen LogP contribution < -0.4 is 5.32 Å². The molecule has 2 heterocycles. The van der Waals surface area contributed by atoms with Crippen molar-refractivity contribution >= 4 is 33.2 Å². The van der Waals surface area contributed by atoms with Crippen LogP contribution in [0, 0.1) is 12.8 Å².